The van der Waals surface area contributed by atoms with E-state index >= 15 is 0 Å². The zero-order valence-corrected chi connectivity index (χ0v) is 11.6. The summed E-state index contributed by atoms with van der Waals surface area (Å²) in [5.41, 5.74) is 1.68. The summed E-state index contributed by atoms with van der Waals surface area (Å²) < 4.78 is 2.53. The van der Waals surface area contributed by atoms with Gasteiger partial charge in [0.05, 0.1) is 11.8 Å². The van der Waals surface area contributed by atoms with Crippen molar-refractivity contribution in [2.24, 2.45) is 7.05 Å². The molecular formula is C12H12BrClN2O. The zero-order chi connectivity index (χ0) is 12.4. The summed E-state index contributed by atoms with van der Waals surface area (Å²) in [5.74, 6) is 0. The topological polar surface area (TPSA) is 38.0 Å². The first-order chi connectivity index (χ1) is 8.06. The van der Waals surface area contributed by atoms with Gasteiger partial charge in [-0.3, -0.25) is 4.68 Å². The van der Waals surface area contributed by atoms with Gasteiger partial charge in [0.25, 0.3) is 0 Å². The number of halogens is 2. The molecule has 0 saturated heterocycles. The van der Waals surface area contributed by atoms with Crippen molar-refractivity contribution in [3.63, 3.8) is 0 Å². The standard InChI is InChI=1S/C12H12BrClN2O/c1-16-5-4-9(15-16)7-12(17)10-3-2-8(14)6-11(10)13/h2-6,12,17H,7H2,1H3. The minimum Gasteiger partial charge on any atom is -0.388 e. The Morgan fingerprint density at radius 2 is 2.24 bits per heavy atom. The molecule has 1 N–H and O–H groups in total. The van der Waals surface area contributed by atoms with E-state index < -0.39 is 6.10 Å². The average molecular weight is 316 g/mol. The number of nitrogens with zero attached hydrogens (tertiary/aromatic N) is 2. The van der Waals surface area contributed by atoms with Gasteiger partial charge in [-0.1, -0.05) is 33.6 Å². The fourth-order valence-electron chi connectivity index (χ4n) is 1.65. The van der Waals surface area contributed by atoms with Crippen LogP contribution in [0.5, 0.6) is 0 Å². The molecule has 90 valence electrons. The molecule has 2 aromatic rings. The van der Waals surface area contributed by atoms with E-state index in [0.29, 0.717) is 11.4 Å². The number of hydrogen-bond acceptors (Lipinski definition) is 2. The summed E-state index contributed by atoms with van der Waals surface area (Å²) in [6.07, 6.45) is 1.76. The van der Waals surface area contributed by atoms with Crippen molar-refractivity contribution in [2.45, 2.75) is 12.5 Å². The molecule has 0 amide bonds. The molecule has 1 heterocycles. The van der Waals surface area contributed by atoms with Gasteiger partial charge in [-0.15, -0.1) is 0 Å². The Morgan fingerprint density at radius 1 is 1.47 bits per heavy atom. The fourth-order valence-corrected chi connectivity index (χ4v) is 2.60. The third-order valence-corrected chi connectivity index (χ3v) is 3.41. The lowest BCUT2D eigenvalue weighted by Crippen LogP contribution is -2.03. The van der Waals surface area contributed by atoms with Crippen LogP contribution < -0.4 is 0 Å². The molecule has 1 aromatic heterocycles. The van der Waals surface area contributed by atoms with Crippen LogP contribution in [-0.2, 0) is 13.5 Å². The van der Waals surface area contributed by atoms with Crippen LogP contribution in [0.25, 0.3) is 0 Å². The average Bonchev–Trinajstić information content (AvgIpc) is 2.63. The Bertz CT molecular complexity index is 527. The second-order valence-corrected chi connectivity index (χ2v) is 5.16. The molecule has 0 spiro atoms. The maximum absolute atomic E-state index is 10.1. The fraction of sp³-hybridized carbons (Fsp3) is 0.250. The molecule has 0 saturated carbocycles. The van der Waals surface area contributed by atoms with Crippen LogP contribution in [0.3, 0.4) is 0 Å². The smallest absolute Gasteiger partial charge is 0.0857 e. The predicted octanol–water partition coefficient (Wildman–Crippen LogP) is 3.11. The van der Waals surface area contributed by atoms with Crippen molar-refractivity contribution in [2.75, 3.05) is 0 Å². The lowest BCUT2D eigenvalue weighted by molar-refractivity contribution is 0.176. The highest BCUT2D eigenvalue weighted by Crippen LogP contribution is 2.28. The Labute approximate surface area is 113 Å². The lowest BCUT2D eigenvalue weighted by atomic mass is 10.1. The van der Waals surface area contributed by atoms with Crippen LogP contribution in [0.4, 0.5) is 0 Å². The molecule has 1 atom stereocenters. The molecule has 0 aliphatic carbocycles. The summed E-state index contributed by atoms with van der Waals surface area (Å²) in [6, 6.07) is 7.26. The number of benzene rings is 1. The number of rotatable bonds is 3. The van der Waals surface area contributed by atoms with Crippen molar-refractivity contribution >= 4 is 27.5 Å². The van der Waals surface area contributed by atoms with E-state index in [1.807, 2.05) is 25.4 Å². The largest absolute Gasteiger partial charge is 0.388 e. The minimum atomic E-state index is -0.587. The molecule has 2 rings (SSSR count). The Balaban J connectivity index is 2.17. The highest BCUT2D eigenvalue weighted by atomic mass is 79.9. The van der Waals surface area contributed by atoms with E-state index in [1.165, 1.54) is 0 Å². The van der Waals surface area contributed by atoms with Gasteiger partial charge >= 0.3 is 0 Å². The van der Waals surface area contributed by atoms with Crippen LogP contribution in [0.1, 0.15) is 17.4 Å². The maximum Gasteiger partial charge on any atom is 0.0857 e. The molecule has 5 heteroatoms. The number of aliphatic hydroxyl groups excluding tert-OH is 1. The van der Waals surface area contributed by atoms with Crippen molar-refractivity contribution in [3.05, 3.63) is 51.2 Å². The minimum absolute atomic E-state index is 0.487. The Morgan fingerprint density at radius 3 is 2.82 bits per heavy atom. The SMILES string of the molecule is Cn1ccc(CC(O)c2ccc(Cl)cc2Br)n1. The van der Waals surface area contributed by atoms with Gasteiger partial charge in [0, 0.05) is 29.2 Å². The molecule has 1 aromatic carbocycles. The Kier molecular flexibility index (Phi) is 3.86. The third kappa shape index (κ3) is 3.09. The van der Waals surface area contributed by atoms with E-state index in [2.05, 4.69) is 21.0 Å². The van der Waals surface area contributed by atoms with Crippen LogP contribution in [0.2, 0.25) is 5.02 Å². The van der Waals surface area contributed by atoms with Gasteiger partial charge in [-0.2, -0.15) is 5.10 Å². The predicted molar refractivity (Wildman–Crippen MR) is 71.0 cm³/mol. The van der Waals surface area contributed by atoms with E-state index in [1.54, 1.807) is 16.8 Å². The second-order valence-electron chi connectivity index (χ2n) is 3.87. The van der Waals surface area contributed by atoms with Crippen LogP contribution in [-0.4, -0.2) is 14.9 Å². The van der Waals surface area contributed by atoms with E-state index in [-0.39, 0.29) is 0 Å². The van der Waals surface area contributed by atoms with Crippen molar-refractivity contribution in [1.29, 1.82) is 0 Å². The molecule has 1 unspecified atom stereocenters. The summed E-state index contributed by atoms with van der Waals surface area (Å²) in [7, 11) is 1.86. The van der Waals surface area contributed by atoms with Gasteiger partial charge in [0.15, 0.2) is 0 Å². The van der Waals surface area contributed by atoms with Crippen molar-refractivity contribution < 1.29 is 5.11 Å². The number of aromatic nitrogens is 2. The highest BCUT2D eigenvalue weighted by molar-refractivity contribution is 9.10. The lowest BCUT2D eigenvalue weighted by Gasteiger charge is -2.11. The second kappa shape index (κ2) is 5.21. The van der Waals surface area contributed by atoms with Crippen molar-refractivity contribution in [3.8, 4) is 0 Å². The molecule has 3 nitrogen and oxygen atoms in total. The number of hydrogen-bond donors (Lipinski definition) is 1. The third-order valence-electron chi connectivity index (χ3n) is 2.49. The monoisotopic (exact) mass is 314 g/mol. The van der Waals surface area contributed by atoms with Gasteiger partial charge in [-0.25, -0.2) is 0 Å². The maximum atomic E-state index is 10.1. The summed E-state index contributed by atoms with van der Waals surface area (Å²) in [5, 5.41) is 15.0. The van der Waals surface area contributed by atoms with Gasteiger partial charge in [0.2, 0.25) is 0 Å². The molecular weight excluding hydrogens is 304 g/mol. The molecule has 0 aliphatic rings. The quantitative estimate of drug-likeness (QED) is 0.945. The van der Waals surface area contributed by atoms with Gasteiger partial charge < -0.3 is 5.11 Å². The molecule has 0 bridgehead atoms. The van der Waals surface area contributed by atoms with Crippen molar-refractivity contribution in [1.82, 2.24) is 9.78 Å². The first kappa shape index (κ1) is 12.6. The number of aryl methyl sites for hydroxylation is 1. The molecule has 0 radical (unpaired) electrons. The number of aliphatic hydroxyl groups is 1. The Hall–Kier alpha value is -0.840. The summed E-state index contributed by atoms with van der Waals surface area (Å²) in [6.45, 7) is 0. The molecule has 17 heavy (non-hydrogen) atoms. The highest BCUT2D eigenvalue weighted by Gasteiger charge is 2.13. The van der Waals surface area contributed by atoms with E-state index in [4.69, 9.17) is 11.6 Å². The van der Waals surface area contributed by atoms with Gasteiger partial charge in [-0.05, 0) is 23.8 Å². The van der Waals surface area contributed by atoms with Gasteiger partial charge in [0.1, 0.15) is 0 Å². The van der Waals surface area contributed by atoms with Crippen LogP contribution in [0, 0.1) is 0 Å². The summed E-state index contributed by atoms with van der Waals surface area (Å²) >= 11 is 9.25. The van der Waals surface area contributed by atoms with E-state index in [0.717, 1.165) is 15.7 Å². The van der Waals surface area contributed by atoms with E-state index in [9.17, 15) is 5.11 Å². The van der Waals surface area contributed by atoms with Crippen LogP contribution >= 0.6 is 27.5 Å². The first-order valence-electron chi connectivity index (χ1n) is 5.18. The zero-order valence-electron chi connectivity index (χ0n) is 9.27. The molecule has 0 fully saturated rings. The normalized spacial score (nSPS) is 12.7. The molecule has 0 aliphatic heterocycles. The first-order valence-corrected chi connectivity index (χ1v) is 6.35. The van der Waals surface area contributed by atoms with Crippen LogP contribution in [0.15, 0.2) is 34.9 Å². The summed E-state index contributed by atoms with van der Waals surface area (Å²) in [4.78, 5) is 0.